The van der Waals surface area contributed by atoms with Crippen molar-refractivity contribution in [3.05, 3.63) is 47.8 Å². The Labute approximate surface area is 262 Å². The average molecular weight is 639 g/mol. The second kappa shape index (κ2) is 16.7. The second-order valence-corrected chi connectivity index (χ2v) is 14.9. The van der Waals surface area contributed by atoms with Gasteiger partial charge in [-0.3, -0.25) is 9.46 Å². The zero-order valence-electron chi connectivity index (χ0n) is 27.0. The number of hydrogen-bond donors (Lipinski definition) is 3. The molecule has 0 aromatic heterocycles. The minimum atomic E-state index is -3.75. The lowest BCUT2D eigenvalue weighted by Crippen LogP contribution is -2.46. The Balaban J connectivity index is 1.73. The van der Waals surface area contributed by atoms with Crippen molar-refractivity contribution in [3.63, 3.8) is 0 Å². The number of rotatable bonds is 14. The van der Waals surface area contributed by atoms with Crippen molar-refractivity contribution in [1.29, 1.82) is 0 Å². The number of hydrogen-bond acceptors (Lipinski definition) is 10. The number of nitrogens with zero attached hydrogens (tertiary/aromatic N) is 2. The molecular weight excluding hydrogens is 587 g/mol. The predicted octanol–water partition coefficient (Wildman–Crippen LogP) is 5.73. The topological polar surface area (TPSA) is 139 Å². The fourth-order valence-corrected chi connectivity index (χ4v) is 6.85. The molecule has 12 nitrogen and oxygen atoms in total. The summed E-state index contributed by atoms with van der Waals surface area (Å²) in [6.45, 7) is 7.91. The van der Waals surface area contributed by atoms with Crippen LogP contribution in [0.15, 0.2) is 42.2 Å². The van der Waals surface area contributed by atoms with E-state index in [9.17, 15) is 19.3 Å². The van der Waals surface area contributed by atoms with E-state index in [2.05, 4.69) is 10.6 Å². The lowest BCUT2D eigenvalue weighted by Gasteiger charge is -2.34. The molecule has 1 saturated carbocycles. The summed E-state index contributed by atoms with van der Waals surface area (Å²) < 4.78 is 34.7. The average Bonchev–Trinajstić information content (AvgIpc) is 3.38. The Kier molecular flexibility index (Phi) is 13.7. The first-order chi connectivity index (χ1) is 20.8. The van der Waals surface area contributed by atoms with Crippen LogP contribution in [0.5, 0.6) is 0 Å². The van der Waals surface area contributed by atoms with E-state index in [1.54, 1.807) is 27.0 Å². The number of benzene rings is 1. The Hall–Kier alpha value is -2.47. The van der Waals surface area contributed by atoms with Crippen LogP contribution in [0.1, 0.15) is 78.2 Å². The lowest BCUT2D eigenvalue weighted by atomic mass is 9.84. The van der Waals surface area contributed by atoms with E-state index in [4.69, 9.17) is 18.5 Å². The SMILES string of the molecule is COP(=O)(OC)C(O)[C@H](CC1CCCCC1)N[C@H](C)CC1=CN(C(=O)NC(=O)OC(C)(C)C)CN1COCc1ccccc1. The number of imide groups is 1. The summed E-state index contributed by atoms with van der Waals surface area (Å²) >= 11 is 0. The molecule has 0 radical (unpaired) electrons. The number of urea groups is 1. The number of carbonyl (C=O) groups excluding carboxylic acids is 2. The van der Waals surface area contributed by atoms with Crippen molar-refractivity contribution in [2.45, 2.75) is 103 Å². The van der Waals surface area contributed by atoms with Crippen LogP contribution in [0.2, 0.25) is 0 Å². The van der Waals surface area contributed by atoms with Gasteiger partial charge in [-0.2, -0.15) is 0 Å². The summed E-state index contributed by atoms with van der Waals surface area (Å²) in [5.74, 6) is -0.952. The van der Waals surface area contributed by atoms with Crippen LogP contribution in [-0.2, 0) is 29.7 Å². The van der Waals surface area contributed by atoms with E-state index >= 15 is 0 Å². The molecule has 3 N–H and O–H groups in total. The minimum absolute atomic E-state index is 0.169. The van der Waals surface area contributed by atoms with Crippen molar-refractivity contribution in [1.82, 2.24) is 20.4 Å². The van der Waals surface area contributed by atoms with Crippen LogP contribution < -0.4 is 10.6 Å². The lowest BCUT2D eigenvalue weighted by molar-refractivity contribution is 0.0288. The Bertz CT molecular complexity index is 1130. The highest BCUT2D eigenvalue weighted by Gasteiger charge is 2.40. The molecule has 1 aromatic carbocycles. The van der Waals surface area contributed by atoms with Gasteiger partial charge in [0.25, 0.3) is 0 Å². The summed E-state index contributed by atoms with van der Waals surface area (Å²) in [7, 11) is -1.19. The van der Waals surface area contributed by atoms with Gasteiger partial charge in [-0.15, -0.1) is 0 Å². The first-order valence-electron chi connectivity index (χ1n) is 15.4. The van der Waals surface area contributed by atoms with Crippen LogP contribution >= 0.6 is 7.60 Å². The third kappa shape index (κ3) is 11.2. The highest BCUT2D eigenvalue weighted by molar-refractivity contribution is 7.54. The van der Waals surface area contributed by atoms with Crippen LogP contribution in [0.3, 0.4) is 0 Å². The van der Waals surface area contributed by atoms with E-state index in [1.165, 1.54) is 25.5 Å². The normalized spacial score (nSPS) is 18.5. The molecule has 2 aliphatic rings. The first-order valence-corrected chi connectivity index (χ1v) is 17.0. The van der Waals surface area contributed by atoms with Crippen LogP contribution in [-0.4, -0.2) is 78.2 Å². The van der Waals surface area contributed by atoms with Gasteiger partial charge in [-0.25, -0.2) is 14.9 Å². The van der Waals surface area contributed by atoms with Gasteiger partial charge >= 0.3 is 19.7 Å². The van der Waals surface area contributed by atoms with E-state index < -0.39 is 37.2 Å². The molecule has 0 saturated heterocycles. The van der Waals surface area contributed by atoms with Crippen molar-refractivity contribution < 1.29 is 37.8 Å². The number of nitrogens with one attached hydrogen (secondary N) is 2. The van der Waals surface area contributed by atoms with E-state index in [0.717, 1.165) is 36.9 Å². The molecule has 1 unspecified atom stereocenters. The molecule has 1 aliphatic carbocycles. The smallest absolute Gasteiger partial charge is 0.415 e. The van der Waals surface area contributed by atoms with Crippen LogP contribution in [0, 0.1) is 5.92 Å². The number of aliphatic hydroxyl groups is 1. The molecule has 0 spiro atoms. The largest absolute Gasteiger partial charge is 0.443 e. The van der Waals surface area contributed by atoms with E-state index in [-0.39, 0.29) is 19.4 Å². The number of ether oxygens (including phenoxy) is 2. The van der Waals surface area contributed by atoms with Crippen LogP contribution in [0.4, 0.5) is 9.59 Å². The van der Waals surface area contributed by atoms with Gasteiger partial charge in [0.2, 0.25) is 0 Å². The molecule has 3 atom stereocenters. The molecule has 44 heavy (non-hydrogen) atoms. The number of carbonyl (C=O) groups is 2. The molecule has 1 aromatic rings. The summed E-state index contributed by atoms with van der Waals surface area (Å²) in [5, 5.41) is 17.0. The Morgan fingerprint density at radius 2 is 1.75 bits per heavy atom. The second-order valence-electron chi connectivity index (χ2n) is 12.6. The minimum Gasteiger partial charge on any atom is -0.443 e. The van der Waals surface area contributed by atoms with E-state index in [1.807, 2.05) is 42.2 Å². The third-order valence-corrected chi connectivity index (χ3v) is 9.81. The fourth-order valence-electron chi connectivity index (χ4n) is 5.62. The molecule has 1 aliphatic heterocycles. The van der Waals surface area contributed by atoms with Crippen LogP contribution in [0.25, 0.3) is 0 Å². The zero-order valence-corrected chi connectivity index (χ0v) is 27.9. The molecule has 3 amide bonds. The predicted molar refractivity (Wildman–Crippen MR) is 167 cm³/mol. The number of aliphatic hydroxyl groups excluding tert-OH is 1. The van der Waals surface area contributed by atoms with Crippen molar-refractivity contribution >= 4 is 19.7 Å². The van der Waals surface area contributed by atoms with Crippen molar-refractivity contribution in [2.24, 2.45) is 5.92 Å². The van der Waals surface area contributed by atoms with Gasteiger partial charge in [0.1, 0.15) is 19.0 Å². The Morgan fingerprint density at radius 1 is 1.09 bits per heavy atom. The maximum atomic E-state index is 13.2. The maximum absolute atomic E-state index is 13.2. The molecule has 248 valence electrons. The molecule has 0 bridgehead atoms. The van der Waals surface area contributed by atoms with Gasteiger partial charge in [-0.1, -0.05) is 62.4 Å². The fraction of sp³-hybridized carbons (Fsp3) is 0.677. The zero-order chi connectivity index (χ0) is 32.3. The van der Waals surface area contributed by atoms with E-state index in [0.29, 0.717) is 25.4 Å². The molecule has 3 rings (SSSR count). The number of alkyl carbamates (subject to hydrolysis) is 1. The van der Waals surface area contributed by atoms with Crippen molar-refractivity contribution in [3.8, 4) is 0 Å². The first kappa shape index (κ1) is 36.0. The summed E-state index contributed by atoms with van der Waals surface area (Å²) in [4.78, 5) is 28.5. The molecule has 1 fully saturated rings. The molecular formula is C31H51N4O8P. The quantitative estimate of drug-likeness (QED) is 0.217. The monoisotopic (exact) mass is 638 g/mol. The number of amides is 3. The Morgan fingerprint density at radius 3 is 2.36 bits per heavy atom. The van der Waals surface area contributed by atoms with Gasteiger partial charge in [0, 0.05) is 44.6 Å². The molecule has 1 heterocycles. The highest BCUT2D eigenvalue weighted by Crippen LogP contribution is 2.52. The third-order valence-electron chi connectivity index (χ3n) is 7.78. The molecule has 13 heteroatoms. The standard InChI is InChI=1S/C31H51N4O8P/c1-23(32-27(18-24-13-9-7-10-14-24)28(36)44(39,40-5)41-6)17-26-19-34(29(37)33-30(38)43-31(2,3)4)21-35(26)22-42-20-25-15-11-8-12-16-25/h8,11-12,15-16,19,23-24,27-28,32,36H,7,9-10,13-14,17-18,20-22H2,1-6H3,(H,33,37,38)/t23-,27+,28?/m1/s1. The summed E-state index contributed by atoms with van der Waals surface area (Å²) in [6.07, 6.45) is 7.56. The van der Waals surface area contributed by atoms with Gasteiger partial charge in [0.05, 0.1) is 6.61 Å². The summed E-state index contributed by atoms with van der Waals surface area (Å²) in [6, 6.07) is 8.44. The maximum Gasteiger partial charge on any atom is 0.415 e. The van der Waals surface area contributed by atoms with Gasteiger partial charge < -0.3 is 33.8 Å². The summed E-state index contributed by atoms with van der Waals surface area (Å²) in [5.41, 5.74) is 1.07. The van der Waals surface area contributed by atoms with Gasteiger partial charge in [0.15, 0.2) is 5.85 Å². The van der Waals surface area contributed by atoms with Crippen molar-refractivity contribution in [2.75, 3.05) is 27.6 Å². The van der Waals surface area contributed by atoms with Gasteiger partial charge in [-0.05, 0) is 45.6 Å². The highest BCUT2D eigenvalue weighted by atomic mass is 31.2.